The van der Waals surface area contributed by atoms with Crippen molar-refractivity contribution in [3.63, 3.8) is 0 Å². The molecule has 4 heterocycles. The van der Waals surface area contributed by atoms with Crippen LogP contribution >= 0.6 is 11.3 Å². The van der Waals surface area contributed by atoms with Gasteiger partial charge in [0.15, 0.2) is 0 Å². The Bertz CT molecular complexity index is 673. The van der Waals surface area contributed by atoms with E-state index in [1.807, 2.05) is 17.0 Å². The largest absolute Gasteiger partial charge is 0.310 e. The van der Waals surface area contributed by atoms with Crippen LogP contribution in [0.3, 0.4) is 0 Å². The van der Waals surface area contributed by atoms with Crippen molar-refractivity contribution in [3.8, 4) is 0 Å². The lowest BCUT2D eigenvalue weighted by molar-refractivity contribution is -0.128. The van der Waals surface area contributed by atoms with Gasteiger partial charge in [-0.05, 0) is 60.3 Å². The van der Waals surface area contributed by atoms with Crippen molar-refractivity contribution < 1.29 is 4.79 Å². The van der Waals surface area contributed by atoms with E-state index >= 15 is 0 Å². The molecule has 0 saturated carbocycles. The number of anilines is 1. The molecule has 0 bridgehead atoms. The predicted octanol–water partition coefficient (Wildman–Crippen LogP) is 3.16. The summed E-state index contributed by atoms with van der Waals surface area (Å²) in [6.45, 7) is 3.76. The summed E-state index contributed by atoms with van der Waals surface area (Å²) in [6, 6.07) is 6.07. The Kier molecular flexibility index (Phi) is 3.91. The van der Waals surface area contributed by atoms with Gasteiger partial charge in [0.25, 0.3) is 0 Å². The van der Waals surface area contributed by atoms with Crippen LogP contribution in [0.1, 0.15) is 24.8 Å². The number of likely N-dealkylation sites (tertiary alicyclic amines) is 1. The molecule has 2 aromatic heterocycles. The third-order valence-corrected chi connectivity index (χ3v) is 5.84. The molecule has 1 spiro atoms. The molecule has 120 valence electrons. The van der Waals surface area contributed by atoms with Gasteiger partial charge in [-0.3, -0.25) is 14.7 Å². The van der Waals surface area contributed by atoms with E-state index in [2.05, 4.69) is 26.7 Å². The number of pyridine rings is 1. The molecule has 2 fully saturated rings. The number of aromatic nitrogens is 1. The molecular weight excluding hydrogens is 306 g/mol. The summed E-state index contributed by atoms with van der Waals surface area (Å²) in [7, 11) is 0. The fraction of sp³-hybridized carbons (Fsp3) is 0.444. The van der Waals surface area contributed by atoms with Gasteiger partial charge in [-0.25, -0.2) is 0 Å². The van der Waals surface area contributed by atoms with Crippen LogP contribution < -0.4 is 4.90 Å². The van der Waals surface area contributed by atoms with Gasteiger partial charge in [0.2, 0.25) is 5.91 Å². The van der Waals surface area contributed by atoms with E-state index in [4.69, 9.17) is 0 Å². The highest BCUT2D eigenvalue weighted by molar-refractivity contribution is 7.07. The predicted molar refractivity (Wildman–Crippen MR) is 92.5 cm³/mol. The van der Waals surface area contributed by atoms with E-state index in [0.717, 1.165) is 51.1 Å². The van der Waals surface area contributed by atoms with Crippen molar-refractivity contribution in [3.05, 3.63) is 46.9 Å². The number of hydrogen-bond donors (Lipinski definition) is 0. The fourth-order valence-electron chi connectivity index (χ4n) is 3.96. The topological polar surface area (TPSA) is 36.4 Å². The van der Waals surface area contributed by atoms with E-state index in [0.29, 0.717) is 5.91 Å². The molecule has 2 aromatic rings. The van der Waals surface area contributed by atoms with Crippen molar-refractivity contribution in [2.24, 2.45) is 5.41 Å². The lowest BCUT2D eigenvalue weighted by atomic mass is 9.78. The zero-order chi connectivity index (χ0) is 15.7. The summed E-state index contributed by atoms with van der Waals surface area (Å²) >= 11 is 1.74. The van der Waals surface area contributed by atoms with Crippen LogP contribution in [-0.2, 0) is 11.3 Å². The second-order valence-electron chi connectivity index (χ2n) is 6.64. The molecule has 23 heavy (non-hydrogen) atoms. The highest BCUT2D eigenvalue weighted by Crippen LogP contribution is 2.42. The van der Waals surface area contributed by atoms with Crippen molar-refractivity contribution in [1.29, 1.82) is 0 Å². The lowest BCUT2D eigenvalue weighted by Gasteiger charge is -2.39. The standard InChI is InChI=1S/C18H21N3OS/c22-17-18(6-9-21(17)16-3-1-7-19-11-16)5-2-8-20(14-18)12-15-4-10-23-13-15/h1,3-4,7,10-11,13H,2,5-6,8-9,12,14H2/t18-/m0/s1. The van der Waals surface area contributed by atoms with Crippen LogP contribution in [0.4, 0.5) is 5.69 Å². The number of piperidine rings is 1. The summed E-state index contributed by atoms with van der Waals surface area (Å²) < 4.78 is 0. The summed E-state index contributed by atoms with van der Waals surface area (Å²) in [5.74, 6) is 0.292. The molecule has 1 atom stereocenters. The highest BCUT2D eigenvalue weighted by atomic mass is 32.1. The van der Waals surface area contributed by atoms with E-state index in [-0.39, 0.29) is 5.41 Å². The van der Waals surface area contributed by atoms with Gasteiger partial charge >= 0.3 is 0 Å². The first kappa shape index (κ1) is 14.8. The van der Waals surface area contributed by atoms with Crippen molar-refractivity contribution in [1.82, 2.24) is 9.88 Å². The maximum absolute atomic E-state index is 13.1. The van der Waals surface area contributed by atoms with Crippen molar-refractivity contribution in [2.45, 2.75) is 25.8 Å². The highest BCUT2D eigenvalue weighted by Gasteiger charge is 2.49. The summed E-state index contributed by atoms with van der Waals surface area (Å²) in [5, 5.41) is 4.33. The van der Waals surface area contributed by atoms with Crippen molar-refractivity contribution >= 4 is 22.9 Å². The van der Waals surface area contributed by atoms with Crippen LogP contribution in [0, 0.1) is 5.41 Å². The Morgan fingerprint density at radius 1 is 1.26 bits per heavy atom. The molecule has 0 radical (unpaired) electrons. The second-order valence-corrected chi connectivity index (χ2v) is 7.42. The minimum atomic E-state index is -0.190. The minimum absolute atomic E-state index is 0.190. The maximum Gasteiger partial charge on any atom is 0.234 e. The van der Waals surface area contributed by atoms with E-state index < -0.39 is 0 Å². The van der Waals surface area contributed by atoms with Crippen LogP contribution in [0.25, 0.3) is 0 Å². The Morgan fingerprint density at radius 2 is 2.22 bits per heavy atom. The van der Waals surface area contributed by atoms with Gasteiger partial charge in [0.1, 0.15) is 0 Å². The van der Waals surface area contributed by atoms with E-state index in [1.165, 1.54) is 5.56 Å². The molecule has 2 saturated heterocycles. The maximum atomic E-state index is 13.1. The van der Waals surface area contributed by atoms with Crippen molar-refractivity contribution in [2.75, 3.05) is 24.5 Å². The zero-order valence-corrected chi connectivity index (χ0v) is 14.0. The Balaban J connectivity index is 1.51. The van der Waals surface area contributed by atoms with Gasteiger partial charge < -0.3 is 4.90 Å². The number of thiophene rings is 1. The summed E-state index contributed by atoms with van der Waals surface area (Å²) in [6.07, 6.45) is 6.63. The average molecular weight is 327 g/mol. The van der Waals surface area contributed by atoms with Gasteiger partial charge in [-0.2, -0.15) is 11.3 Å². The third kappa shape index (κ3) is 2.79. The number of hydrogen-bond acceptors (Lipinski definition) is 4. The fourth-order valence-corrected chi connectivity index (χ4v) is 4.62. The first-order chi connectivity index (χ1) is 11.3. The quantitative estimate of drug-likeness (QED) is 0.869. The Hall–Kier alpha value is -1.72. The second kappa shape index (κ2) is 6.06. The molecule has 0 aliphatic carbocycles. The van der Waals surface area contributed by atoms with Gasteiger partial charge in [-0.1, -0.05) is 0 Å². The Labute approximate surface area is 140 Å². The van der Waals surface area contributed by atoms with Gasteiger partial charge in [0, 0.05) is 25.8 Å². The van der Waals surface area contributed by atoms with Crippen LogP contribution in [-0.4, -0.2) is 35.4 Å². The third-order valence-electron chi connectivity index (χ3n) is 5.11. The lowest BCUT2D eigenvalue weighted by Crippen LogP contribution is -2.47. The number of carbonyl (C=O) groups excluding carboxylic acids is 1. The van der Waals surface area contributed by atoms with E-state index in [1.54, 1.807) is 23.7 Å². The first-order valence-corrected chi connectivity index (χ1v) is 9.17. The van der Waals surface area contributed by atoms with Crippen LogP contribution in [0.5, 0.6) is 0 Å². The SMILES string of the molecule is O=C1N(c2cccnc2)CC[C@]12CCCN(Cc1ccsc1)C2. The molecular formula is C18H21N3OS. The number of carbonyl (C=O) groups is 1. The molecule has 4 nitrogen and oxygen atoms in total. The molecule has 0 aromatic carbocycles. The molecule has 2 aliphatic heterocycles. The zero-order valence-electron chi connectivity index (χ0n) is 13.1. The molecule has 2 aliphatic rings. The number of nitrogens with zero attached hydrogens (tertiary/aromatic N) is 3. The Morgan fingerprint density at radius 3 is 3.00 bits per heavy atom. The smallest absolute Gasteiger partial charge is 0.234 e. The van der Waals surface area contributed by atoms with Crippen LogP contribution in [0.2, 0.25) is 0 Å². The molecule has 1 amide bonds. The monoisotopic (exact) mass is 327 g/mol. The molecule has 4 rings (SSSR count). The van der Waals surface area contributed by atoms with Gasteiger partial charge in [0.05, 0.1) is 17.3 Å². The van der Waals surface area contributed by atoms with E-state index in [9.17, 15) is 4.79 Å². The average Bonchev–Trinajstić information content (AvgIpc) is 3.19. The molecule has 0 N–H and O–H groups in total. The molecule has 5 heteroatoms. The molecule has 0 unspecified atom stereocenters. The van der Waals surface area contributed by atoms with Gasteiger partial charge in [-0.15, -0.1) is 0 Å². The summed E-state index contributed by atoms with van der Waals surface area (Å²) in [4.78, 5) is 21.6. The number of amides is 1. The number of rotatable bonds is 3. The van der Waals surface area contributed by atoms with Crippen LogP contribution in [0.15, 0.2) is 41.4 Å². The minimum Gasteiger partial charge on any atom is -0.310 e. The first-order valence-electron chi connectivity index (χ1n) is 8.22. The normalized spacial score (nSPS) is 25.4. The summed E-state index contributed by atoms with van der Waals surface area (Å²) in [5.41, 5.74) is 2.11.